The van der Waals surface area contributed by atoms with Crippen LogP contribution in [0.25, 0.3) is 11.0 Å². The molecule has 1 aliphatic rings. The molecule has 12 heteroatoms. The van der Waals surface area contributed by atoms with Gasteiger partial charge in [0.15, 0.2) is 11.0 Å². The molecular formula is C18H22FN3O7S. The predicted octanol–water partition coefficient (Wildman–Crippen LogP) is 2.45. The smallest absolute Gasteiger partial charge is 0.410 e. The number of rotatable bonds is 3. The molecule has 0 spiro atoms. The highest BCUT2D eigenvalue weighted by atomic mass is 32.2. The summed E-state index contributed by atoms with van der Waals surface area (Å²) in [7, 11) is -4.82. The molecule has 1 aromatic carbocycles. The molecule has 1 unspecified atom stereocenters. The van der Waals surface area contributed by atoms with Crippen molar-refractivity contribution in [2.24, 2.45) is 0 Å². The zero-order valence-corrected chi connectivity index (χ0v) is 17.4. The number of carbonyl (C=O) groups excluding carboxylic acids is 1. The maximum atomic E-state index is 14.1. The lowest BCUT2D eigenvalue weighted by Gasteiger charge is -2.24. The number of carbonyl (C=O) groups is 1. The summed E-state index contributed by atoms with van der Waals surface area (Å²) in [6.07, 6.45) is -0.0426. The second-order valence-corrected chi connectivity index (χ2v) is 9.18. The van der Waals surface area contributed by atoms with E-state index in [0.717, 1.165) is 6.07 Å². The SMILES string of the molecule is CC(C)(C)OC(=O)N1CCC(c2cc(=O)c3cc(F)c(N)c(NS(=O)(=O)O)c3o2)C1. The van der Waals surface area contributed by atoms with E-state index in [-0.39, 0.29) is 29.2 Å². The van der Waals surface area contributed by atoms with Crippen molar-refractivity contribution in [1.29, 1.82) is 0 Å². The summed E-state index contributed by atoms with van der Waals surface area (Å²) in [6.45, 7) is 5.81. The fraction of sp³-hybridized carbons (Fsp3) is 0.444. The number of nitrogens with zero attached hydrogens (tertiary/aromatic N) is 1. The quantitative estimate of drug-likeness (QED) is 0.483. The number of anilines is 2. The number of amides is 1. The summed E-state index contributed by atoms with van der Waals surface area (Å²) in [5, 5.41) is -0.251. The molecule has 4 N–H and O–H groups in total. The van der Waals surface area contributed by atoms with Gasteiger partial charge in [0, 0.05) is 25.1 Å². The third-order valence-electron chi connectivity index (χ3n) is 4.50. The van der Waals surface area contributed by atoms with Crippen LogP contribution in [-0.4, -0.2) is 42.7 Å². The van der Waals surface area contributed by atoms with Crippen LogP contribution in [0.5, 0.6) is 0 Å². The lowest BCUT2D eigenvalue weighted by molar-refractivity contribution is 0.0292. The molecule has 2 aromatic rings. The number of hydrogen-bond acceptors (Lipinski definition) is 7. The maximum absolute atomic E-state index is 14.1. The predicted molar refractivity (Wildman–Crippen MR) is 107 cm³/mol. The van der Waals surface area contributed by atoms with Crippen molar-refractivity contribution in [3.8, 4) is 0 Å². The molecule has 3 rings (SSSR count). The first kappa shape index (κ1) is 21.8. The van der Waals surface area contributed by atoms with Gasteiger partial charge in [-0.2, -0.15) is 8.42 Å². The van der Waals surface area contributed by atoms with Crippen LogP contribution in [0.2, 0.25) is 0 Å². The molecule has 30 heavy (non-hydrogen) atoms. The maximum Gasteiger partial charge on any atom is 0.410 e. The van der Waals surface area contributed by atoms with E-state index in [1.165, 1.54) is 11.0 Å². The molecule has 0 bridgehead atoms. The summed E-state index contributed by atoms with van der Waals surface area (Å²) in [6, 6.07) is 2.00. The molecule has 1 fully saturated rings. The molecule has 1 saturated heterocycles. The third-order valence-corrected chi connectivity index (χ3v) is 4.96. The van der Waals surface area contributed by atoms with E-state index in [9.17, 15) is 22.4 Å². The van der Waals surface area contributed by atoms with Crippen molar-refractivity contribution < 1.29 is 31.3 Å². The highest BCUT2D eigenvalue weighted by Gasteiger charge is 2.32. The van der Waals surface area contributed by atoms with Gasteiger partial charge in [-0.25, -0.2) is 9.18 Å². The minimum Gasteiger partial charge on any atom is -0.458 e. The Kier molecular flexibility index (Phi) is 5.41. The van der Waals surface area contributed by atoms with E-state index in [1.807, 2.05) is 0 Å². The van der Waals surface area contributed by atoms with Gasteiger partial charge >= 0.3 is 16.4 Å². The second kappa shape index (κ2) is 7.43. The number of nitrogens with one attached hydrogen (secondary N) is 1. The Morgan fingerprint density at radius 1 is 1.40 bits per heavy atom. The number of fused-ring (bicyclic) bond motifs is 1. The lowest BCUT2D eigenvalue weighted by Crippen LogP contribution is -2.35. The number of hydrogen-bond donors (Lipinski definition) is 3. The van der Waals surface area contributed by atoms with Crippen LogP contribution in [0.3, 0.4) is 0 Å². The fourth-order valence-electron chi connectivity index (χ4n) is 3.21. The number of halogens is 1. The van der Waals surface area contributed by atoms with Gasteiger partial charge in [-0.3, -0.25) is 14.1 Å². The monoisotopic (exact) mass is 443 g/mol. The normalized spacial score (nSPS) is 17.4. The highest BCUT2D eigenvalue weighted by Crippen LogP contribution is 2.35. The Labute approximate surface area is 171 Å². The molecule has 2 heterocycles. The molecule has 164 valence electrons. The molecule has 10 nitrogen and oxygen atoms in total. The first-order valence-corrected chi connectivity index (χ1v) is 10.5. The zero-order valence-electron chi connectivity index (χ0n) is 16.6. The topological polar surface area (TPSA) is 152 Å². The van der Waals surface area contributed by atoms with Gasteiger partial charge in [0.2, 0.25) is 0 Å². The summed E-state index contributed by atoms with van der Waals surface area (Å²) in [5.74, 6) is -1.26. The van der Waals surface area contributed by atoms with E-state index in [4.69, 9.17) is 19.4 Å². The molecule has 0 aliphatic carbocycles. The zero-order chi connectivity index (χ0) is 22.4. The standard InChI is InChI=1S/C18H22FN3O7S/c1-18(2,3)29-17(24)22-5-4-9(8-22)13-7-12(23)10-6-11(19)14(20)15(16(10)28-13)21-30(25,26)27/h6-7,9,21H,4-5,8,20H2,1-3H3,(H,25,26,27). The van der Waals surface area contributed by atoms with Gasteiger partial charge in [-0.1, -0.05) is 0 Å². The van der Waals surface area contributed by atoms with Gasteiger partial charge in [0.1, 0.15) is 22.9 Å². The van der Waals surface area contributed by atoms with Gasteiger partial charge < -0.3 is 19.8 Å². The Balaban J connectivity index is 2.01. The van der Waals surface area contributed by atoms with E-state index >= 15 is 0 Å². The average Bonchev–Trinajstić information content (AvgIpc) is 3.07. The molecule has 0 radical (unpaired) electrons. The van der Waals surface area contributed by atoms with E-state index < -0.39 is 44.6 Å². The molecule has 1 aromatic heterocycles. The van der Waals surface area contributed by atoms with Crippen LogP contribution in [0.1, 0.15) is 38.9 Å². The molecule has 1 aliphatic heterocycles. The lowest BCUT2D eigenvalue weighted by atomic mass is 10.0. The molecular weight excluding hydrogens is 421 g/mol. The number of benzene rings is 1. The van der Waals surface area contributed by atoms with Crippen molar-refractivity contribution >= 4 is 38.7 Å². The van der Waals surface area contributed by atoms with Crippen LogP contribution < -0.4 is 15.9 Å². The summed E-state index contributed by atoms with van der Waals surface area (Å²) in [4.78, 5) is 26.3. The summed E-state index contributed by atoms with van der Waals surface area (Å²) in [5.41, 5.74) is 2.77. The summed E-state index contributed by atoms with van der Waals surface area (Å²) < 4.78 is 58.4. The second-order valence-electron chi connectivity index (χ2n) is 8.03. The van der Waals surface area contributed by atoms with Crippen molar-refractivity contribution in [3.63, 3.8) is 0 Å². The molecule has 1 atom stereocenters. The fourth-order valence-corrected chi connectivity index (χ4v) is 3.67. The Morgan fingerprint density at radius 3 is 2.67 bits per heavy atom. The van der Waals surface area contributed by atoms with Crippen LogP contribution in [-0.2, 0) is 15.0 Å². The minimum absolute atomic E-state index is 0.169. The third kappa shape index (κ3) is 4.65. The van der Waals surface area contributed by atoms with Crippen LogP contribution in [0.15, 0.2) is 21.3 Å². The first-order valence-electron chi connectivity index (χ1n) is 9.04. The van der Waals surface area contributed by atoms with Gasteiger partial charge in [-0.15, -0.1) is 0 Å². The Hall–Kier alpha value is -2.86. The molecule has 1 amide bonds. The van der Waals surface area contributed by atoms with Crippen LogP contribution in [0, 0.1) is 5.82 Å². The van der Waals surface area contributed by atoms with Crippen molar-refractivity contribution in [1.82, 2.24) is 4.90 Å². The van der Waals surface area contributed by atoms with Crippen molar-refractivity contribution in [2.45, 2.75) is 38.7 Å². The van der Waals surface area contributed by atoms with Crippen molar-refractivity contribution in [2.75, 3.05) is 23.5 Å². The molecule has 0 saturated carbocycles. The highest BCUT2D eigenvalue weighted by molar-refractivity contribution is 7.87. The van der Waals surface area contributed by atoms with Crippen LogP contribution >= 0.6 is 0 Å². The average molecular weight is 443 g/mol. The van der Waals surface area contributed by atoms with E-state index in [1.54, 1.807) is 25.5 Å². The van der Waals surface area contributed by atoms with E-state index in [0.29, 0.717) is 13.0 Å². The van der Waals surface area contributed by atoms with Gasteiger partial charge in [-0.05, 0) is 33.3 Å². The number of ether oxygens (including phenoxy) is 1. The van der Waals surface area contributed by atoms with Crippen LogP contribution in [0.4, 0.5) is 20.6 Å². The summed E-state index contributed by atoms with van der Waals surface area (Å²) >= 11 is 0. The Morgan fingerprint density at radius 2 is 2.07 bits per heavy atom. The number of nitrogens with two attached hydrogens (primary N) is 1. The van der Waals surface area contributed by atoms with Gasteiger partial charge in [0.25, 0.3) is 0 Å². The Bertz CT molecular complexity index is 1170. The minimum atomic E-state index is -4.82. The largest absolute Gasteiger partial charge is 0.458 e. The number of nitrogen functional groups attached to an aromatic ring is 1. The van der Waals surface area contributed by atoms with Crippen molar-refractivity contribution in [3.05, 3.63) is 33.9 Å². The van der Waals surface area contributed by atoms with E-state index in [2.05, 4.69) is 0 Å². The van der Waals surface area contributed by atoms with Gasteiger partial charge in [0.05, 0.1) is 11.1 Å². The number of likely N-dealkylation sites (tertiary alicyclic amines) is 1. The first-order chi connectivity index (χ1) is 13.7.